The molecule has 0 aromatic rings. The van der Waals surface area contributed by atoms with Crippen LogP contribution in [0.25, 0.3) is 0 Å². The standard InChI is InChI=1S/C68H127O11P/c1-4-7-10-13-16-19-22-25-28-30-32-34-37-40-43-46-49-52-55-58-67(71)78-64(60-69)62-76-80(73,74)77-63-65(61-75-66(70)57-54-51-48-45-42-39-36-27-24-21-18-15-12-9-6-3)79-68(72)59-56-53-50-47-44-41-38-35-33-31-29-26-23-20-17-14-11-8-5-2/h9,12,18,21,27,36,64-65,69H,4-8,10-11,13-17,19-20,22-26,28-35,37-63H2,1-3H3,(H,73,74)/b12-9-,21-18-,36-27-. The number of unbranched alkanes of at least 4 members (excludes halogenated alkanes) is 41. The summed E-state index contributed by atoms with van der Waals surface area (Å²) < 4.78 is 39.8. The molecule has 0 aromatic heterocycles. The lowest BCUT2D eigenvalue weighted by atomic mass is 10.0. The van der Waals surface area contributed by atoms with Crippen molar-refractivity contribution in [2.24, 2.45) is 0 Å². The van der Waals surface area contributed by atoms with Gasteiger partial charge in [0.15, 0.2) is 6.10 Å². The summed E-state index contributed by atoms with van der Waals surface area (Å²) in [7, 11) is -4.75. The first kappa shape index (κ1) is 77.7. The third-order valence-electron chi connectivity index (χ3n) is 15.1. The molecule has 80 heavy (non-hydrogen) atoms. The van der Waals surface area contributed by atoms with Crippen LogP contribution in [0.2, 0.25) is 0 Å². The summed E-state index contributed by atoms with van der Waals surface area (Å²) in [6.07, 6.45) is 68.1. The van der Waals surface area contributed by atoms with Gasteiger partial charge in [-0.25, -0.2) is 4.57 Å². The van der Waals surface area contributed by atoms with Crippen molar-refractivity contribution in [3.8, 4) is 0 Å². The van der Waals surface area contributed by atoms with E-state index in [-0.39, 0.29) is 25.9 Å². The maximum atomic E-state index is 13.0. The van der Waals surface area contributed by atoms with Crippen LogP contribution < -0.4 is 0 Å². The lowest BCUT2D eigenvalue weighted by Crippen LogP contribution is -2.30. The van der Waals surface area contributed by atoms with E-state index in [1.54, 1.807) is 0 Å². The van der Waals surface area contributed by atoms with Gasteiger partial charge in [-0.2, -0.15) is 0 Å². The van der Waals surface area contributed by atoms with Gasteiger partial charge in [0.1, 0.15) is 12.7 Å². The third kappa shape index (κ3) is 60.3. The SMILES string of the molecule is CC/C=C\C/C=C\C/C=C\CCCCCCCC(=O)OCC(COP(=O)(O)OCC(CO)OC(=O)CCCCCCCCCCCCCCCCCCCCC)OC(=O)CCCCCCCCCCCCCCCCCCCCC. The molecule has 3 atom stereocenters. The van der Waals surface area contributed by atoms with Crippen molar-refractivity contribution in [3.05, 3.63) is 36.5 Å². The highest BCUT2D eigenvalue weighted by Gasteiger charge is 2.28. The molecule has 470 valence electrons. The summed E-state index contributed by atoms with van der Waals surface area (Å²) in [4.78, 5) is 48.8. The van der Waals surface area contributed by atoms with Crippen LogP contribution in [0.5, 0.6) is 0 Å². The van der Waals surface area contributed by atoms with E-state index in [1.807, 2.05) is 0 Å². The third-order valence-corrected chi connectivity index (χ3v) is 16.0. The number of aliphatic hydroxyl groups is 1. The molecular formula is C68H127O11P. The molecule has 0 aromatic carbocycles. The van der Waals surface area contributed by atoms with Gasteiger partial charge in [0.2, 0.25) is 0 Å². The molecule has 0 radical (unpaired) electrons. The Labute approximate surface area is 492 Å². The molecule has 0 saturated carbocycles. The van der Waals surface area contributed by atoms with Crippen LogP contribution >= 0.6 is 7.82 Å². The number of carbonyl (C=O) groups is 3. The topological polar surface area (TPSA) is 155 Å². The fraction of sp³-hybridized carbons (Fsp3) is 0.868. The zero-order valence-corrected chi connectivity index (χ0v) is 53.2. The van der Waals surface area contributed by atoms with Gasteiger partial charge in [0.25, 0.3) is 0 Å². The number of hydrogen-bond donors (Lipinski definition) is 2. The smallest absolute Gasteiger partial charge is 0.462 e. The monoisotopic (exact) mass is 1150 g/mol. The molecule has 0 amide bonds. The van der Waals surface area contributed by atoms with E-state index in [0.717, 1.165) is 89.9 Å². The van der Waals surface area contributed by atoms with Gasteiger partial charge in [-0.05, 0) is 51.4 Å². The number of ether oxygens (including phenoxy) is 3. The number of aliphatic hydroxyl groups excluding tert-OH is 1. The summed E-state index contributed by atoms with van der Waals surface area (Å²) in [6, 6.07) is 0. The van der Waals surface area contributed by atoms with Crippen molar-refractivity contribution in [3.63, 3.8) is 0 Å². The molecule has 0 heterocycles. The first-order chi connectivity index (χ1) is 39.2. The highest BCUT2D eigenvalue weighted by atomic mass is 31.2. The van der Waals surface area contributed by atoms with Crippen molar-refractivity contribution in [1.29, 1.82) is 0 Å². The number of rotatable bonds is 64. The Morgan fingerprint density at radius 1 is 0.362 bits per heavy atom. The van der Waals surface area contributed by atoms with E-state index in [2.05, 4.69) is 57.2 Å². The van der Waals surface area contributed by atoms with Crippen LogP contribution in [-0.2, 0) is 42.2 Å². The molecule has 0 fully saturated rings. The van der Waals surface area contributed by atoms with Gasteiger partial charge in [0.05, 0.1) is 19.8 Å². The fourth-order valence-corrected chi connectivity index (χ4v) is 10.7. The normalized spacial score (nSPS) is 13.4. The first-order valence-corrected chi connectivity index (χ1v) is 35.4. The number of phosphoric ester groups is 1. The van der Waals surface area contributed by atoms with Crippen molar-refractivity contribution in [2.75, 3.05) is 26.4 Å². The van der Waals surface area contributed by atoms with Crippen LogP contribution in [0.1, 0.15) is 342 Å². The summed E-state index contributed by atoms with van der Waals surface area (Å²) >= 11 is 0. The molecule has 11 nitrogen and oxygen atoms in total. The van der Waals surface area contributed by atoms with E-state index < -0.39 is 57.8 Å². The van der Waals surface area contributed by atoms with Gasteiger partial charge in [0, 0.05) is 19.3 Å². The number of esters is 3. The van der Waals surface area contributed by atoms with Crippen LogP contribution in [0.4, 0.5) is 0 Å². The van der Waals surface area contributed by atoms with Gasteiger partial charge in [-0.15, -0.1) is 0 Å². The van der Waals surface area contributed by atoms with Gasteiger partial charge in [-0.1, -0.05) is 308 Å². The highest BCUT2D eigenvalue weighted by molar-refractivity contribution is 7.47. The Bertz CT molecular complexity index is 1480. The number of hydrogen-bond acceptors (Lipinski definition) is 10. The molecule has 0 spiro atoms. The van der Waals surface area contributed by atoms with Crippen LogP contribution in [0, 0.1) is 0 Å². The first-order valence-electron chi connectivity index (χ1n) is 33.9. The lowest BCUT2D eigenvalue weighted by Gasteiger charge is -2.21. The predicted octanol–water partition coefficient (Wildman–Crippen LogP) is 20.7. The minimum absolute atomic E-state index is 0.170. The molecule has 2 N–H and O–H groups in total. The minimum Gasteiger partial charge on any atom is -0.462 e. The average molecular weight is 1150 g/mol. The van der Waals surface area contributed by atoms with Gasteiger partial charge in [-0.3, -0.25) is 23.4 Å². The number of allylic oxidation sites excluding steroid dienone is 6. The minimum atomic E-state index is -4.75. The Morgan fingerprint density at radius 2 is 0.650 bits per heavy atom. The second-order valence-electron chi connectivity index (χ2n) is 23.0. The molecule has 3 unspecified atom stereocenters. The van der Waals surface area contributed by atoms with Crippen LogP contribution in [0.3, 0.4) is 0 Å². The maximum absolute atomic E-state index is 13.0. The molecule has 0 saturated heterocycles. The Morgan fingerprint density at radius 3 is 1.00 bits per heavy atom. The largest absolute Gasteiger partial charge is 0.472 e. The summed E-state index contributed by atoms with van der Waals surface area (Å²) in [5.74, 6) is -1.45. The zero-order valence-electron chi connectivity index (χ0n) is 52.3. The fourth-order valence-electron chi connectivity index (χ4n) is 9.96. The Balaban J connectivity index is 4.61. The molecule has 0 aliphatic heterocycles. The molecule has 0 bridgehead atoms. The second-order valence-corrected chi connectivity index (χ2v) is 24.4. The molecule has 0 aliphatic rings. The quantitative estimate of drug-likeness (QED) is 0.0197. The van der Waals surface area contributed by atoms with E-state index in [1.165, 1.54) is 193 Å². The molecular weight excluding hydrogens is 1020 g/mol. The van der Waals surface area contributed by atoms with Gasteiger partial charge < -0.3 is 24.2 Å². The lowest BCUT2D eigenvalue weighted by molar-refractivity contribution is -0.161. The van der Waals surface area contributed by atoms with Crippen molar-refractivity contribution >= 4 is 25.7 Å². The van der Waals surface area contributed by atoms with Crippen molar-refractivity contribution in [1.82, 2.24) is 0 Å². The van der Waals surface area contributed by atoms with E-state index in [9.17, 15) is 28.9 Å². The number of phosphoric acid groups is 1. The molecule has 12 heteroatoms. The van der Waals surface area contributed by atoms with Crippen LogP contribution in [-0.4, -0.2) is 66.5 Å². The highest BCUT2D eigenvalue weighted by Crippen LogP contribution is 2.43. The summed E-state index contributed by atoms with van der Waals surface area (Å²) in [5.41, 5.74) is 0. The molecule has 0 rings (SSSR count). The van der Waals surface area contributed by atoms with Crippen LogP contribution in [0.15, 0.2) is 36.5 Å². The zero-order chi connectivity index (χ0) is 58.3. The predicted molar refractivity (Wildman–Crippen MR) is 335 cm³/mol. The van der Waals surface area contributed by atoms with Crippen molar-refractivity contribution < 1.29 is 52.2 Å². The van der Waals surface area contributed by atoms with E-state index in [0.29, 0.717) is 19.3 Å². The van der Waals surface area contributed by atoms with E-state index >= 15 is 0 Å². The van der Waals surface area contributed by atoms with Crippen molar-refractivity contribution in [2.45, 2.75) is 354 Å². The maximum Gasteiger partial charge on any atom is 0.472 e. The molecule has 0 aliphatic carbocycles. The van der Waals surface area contributed by atoms with Gasteiger partial charge >= 0.3 is 25.7 Å². The Kier molecular flexibility index (Phi) is 60.9. The average Bonchev–Trinajstić information content (AvgIpc) is 3.45. The summed E-state index contributed by atoms with van der Waals surface area (Å²) in [6.45, 7) is 4.61. The summed E-state index contributed by atoms with van der Waals surface area (Å²) in [5, 5.41) is 9.87. The Hall–Kier alpha value is -2.30. The number of carbonyl (C=O) groups excluding carboxylic acids is 3. The second kappa shape index (κ2) is 62.7. The van der Waals surface area contributed by atoms with E-state index in [4.69, 9.17) is 23.3 Å².